The Balaban J connectivity index is 1.97. The van der Waals surface area contributed by atoms with Crippen molar-refractivity contribution in [2.75, 3.05) is 14.2 Å². The Morgan fingerprint density at radius 1 is 1.04 bits per heavy atom. The number of benzene rings is 2. The number of aryl methyl sites for hydroxylation is 1. The lowest BCUT2D eigenvalue weighted by atomic mass is 10.0. The van der Waals surface area contributed by atoms with Crippen molar-refractivity contribution in [3.63, 3.8) is 0 Å². The Morgan fingerprint density at radius 3 is 2.22 bits per heavy atom. The van der Waals surface area contributed by atoms with Crippen LogP contribution in [-0.2, 0) is 0 Å². The molecule has 2 aromatic rings. The highest BCUT2D eigenvalue weighted by Gasteiger charge is 2.31. The van der Waals surface area contributed by atoms with Crippen molar-refractivity contribution in [1.29, 1.82) is 0 Å². The number of ether oxygens (including phenoxy) is 4. The van der Waals surface area contributed by atoms with Gasteiger partial charge in [-0.05, 0) is 50.1 Å². The molecule has 27 heavy (non-hydrogen) atoms. The van der Waals surface area contributed by atoms with Crippen LogP contribution in [0.25, 0.3) is 0 Å². The predicted octanol–water partition coefficient (Wildman–Crippen LogP) is 4.10. The van der Waals surface area contributed by atoms with Gasteiger partial charge < -0.3 is 18.9 Å². The minimum absolute atomic E-state index is 0.160. The number of rotatable bonds is 4. The number of carbonyl (C=O) groups excluding carboxylic acids is 2. The maximum atomic E-state index is 12.7. The SMILES string of the molecule is COc1cccc(OC)c1C(=O)Oc1cc(C)c2c(c1)OC(=C(C)C)C2=O. The van der Waals surface area contributed by atoms with Crippen molar-refractivity contribution >= 4 is 11.8 Å². The van der Waals surface area contributed by atoms with Crippen LogP contribution in [0.15, 0.2) is 41.7 Å². The molecule has 0 amide bonds. The van der Waals surface area contributed by atoms with Crippen LogP contribution in [-0.4, -0.2) is 26.0 Å². The van der Waals surface area contributed by atoms with Crippen molar-refractivity contribution in [2.45, 2.75) is 20.8 Å². The smallest absolute Gasteiger partial charge is 0.351 e. The van der Waals surface area contributed by atoms with Crippen LogP contribution in [0.1, 0.15) is 40.1 Å². The second kappa shape index (κ2) is 7.15. The molecule has 3 rings (SSSR count). The Hall–Kier alpha value is -3.28. The summed E-state index contributed by atoms with van der Waals surface area (Å²) < 4.78 is 21.7. The molecular formula is C21H20O6. The Labute approximate surface area is 157 Å². The van der Waals surface area contributed by atoms with Crippen molar-refractivity contribution in [2.24, 2.45) is 0 Å². The van der Waals surface area contributed by atoms with E-state index in [1.807, 2.05) is 13.8 Å². The van der Waals surface area contributed by atoms with Gasteiger partial charge >= 0.3 is 5.97 Å². The van der Waals surface area contributed by atoms with Gasteiger partial charge in [-0.15, -0.1) is 0 Å². The minimum atomic E-state index is -0.629. The zero-order valence-corrected chi connectivity index (χ0v) is 15.8. The third-order valence-corrected chi connectivity index (χ3v) is 4.21. The summed E-state index contributed by atoms with van der Waals surface area (Å²) in [6.45, 7) is 5.39. The zero-order valence-electron chi connectivity index (χ0n) is 15.8. The molecule has 140 valence electrons. The fourth-order valence-electron chi connectivity index (χ4n) is 2.96. The molecule has 6 heteroatoms. The average molecular weight is 368 g/mol. The fourth-order valence-corrected chi connectivity index (χ4v) is 2.96. The molecule has 0 aromatic heterocycles. The second-order valence-corrected chi connectivity index (χ2v) is 6.30. The number of esters is 1. The summed E-state index contributed by atoms with van der Waals surface area (Å²) in [4.78, 5) is 25.2. The molecule has 0 bridgehead atoms. The van der Waals surface area contributed by atoms with Crippen LogP contribution in [0.2, 0.25) is 0 Å². The number of ketones is 1. The molecule has 1 aliphatic rings. The van der Waals surface area contributed by atoms with Gasteiger partial charge in [-0.3, -0.25) is 4.79 Å². The largest absolute Gasteiger partial charge is 0.496 e. The van der Waals surface area contributed by atoms with Crippen LogP contribution in [0.5, 0.6) is 23.0 Å². The maximum Gasteiger partial charge on any atom is 0.351 e. The summed E-state index contributed by atoms with van der Waals surface area (Å²) in [7, 11) is 2.93. The highest BCUT2D eigenvalue weighted by Crippen LogP contribution is 2.38. The van der Waals surface area contributed by atoms with Gasteiger partial charge in [0.2, 0.25) is 5.78 Å². The van der Waals surface area contributed by atoms with Gasteiger partial charge in [-0.2, -0.15) is 0 Å². The molecule has 0 N–H and O–H groups in total. The van der Waals surface area contributed by atoms with Gasteiger partial charge in [-0.1, -0.05) is 6.07 Å². The molecule has 0 saturated carbocycles. The summed E-state index contributed by atoms with van der Waals surface area (Å²) in [5, 5.41) is 0. The van der Waals surface area contributed by atoms with Crippen LogP contribution in [0.3, 0.4) is 0 Å². The molecule has 0 spiro atoms. The molecule has 0 saturated heterocycles. The number of fused-ring (bicyclic) bond motifs is 1. The van der Waals surface area contributed by atoms with E-state index in [0.717, 1.165) is 5.57 Å². The van der Waals surface area contributed by atoms with Gasteiger partial charge in [0.25, 0.3) is 0 Å². The first kappa shape index (κ1) is 18.5. The third-order valence-electron chi connectivity index (χ3n) is 4.21. The topological polar surface area (TPSA) is 71.1 Å². The van der Waals surface area contributed by atoms with Crippen molar-refractivity contribution in [1.82, 2.24) is 0 Å². The minimum Gasteiger partial charge on any atom is -0.496 e. The molecule has 1 heterocycles. The molecule has 0 unspecified atom stereocenters. The highest BCUT2D eigenvalue weighted by atomic mass is 16.5. The van der Waals surface area contributed by atoms with Crippen LogP contribution >= 0.6 is 0 Å². The lowest BCUT2D eigenvalue weighted by molar-refractivity contribution is 0.0727. The zero-order chi connectivity index (χ0) is 19.7. The van der Waals surface area contributed by atoms with Gasteiger partial charge in [0.1, 0.15) is 28.6 Å². The van der Waals surface area contributed by atoms with Crippen molar-refractivity contribution < 1.29 is 28.5 Å². The summed E-state index contributed by atoms with van der Waals surface area (Å²) in [5.41, 5.74) is 2.12. The van der Waals surface area contributed by atoms with Crippen LogP contribution < -0.4 is 18.9 Å². The standard InChI is InChI=1S/C21H20O6/c1-11(2)20-19(22)17-12(3)9-13(10-16(17)27-20)26-21(23)18-14(24-4)7-6-8-15(18)25-5/h6-10H,1-5H3. The maximum absolute atomic E-state index is 12.7. The van der Waals surface area contributed by atoms with Crippen molar-refractivity contribution in [3.8, 4) is 23.0 Å². The monoisotopic (exact) mass is 368 g/mol. The fraction of sp³-hybridized carbons (Fsp3) is 0.238. The van der Waals surface area contributed by atoms with Crippen LogP contribution in [0, 0.1) is 6.92 Å². The lowest BCUT2D eigenvalue weighted by Gasteiger charge is -2.13. The molecule has 0 aliphatic carbocycles. The lowest BCUT2D eigenvalue weighted by Crippen LogP contribution is -2.12. The van der Waals surface area contributed by atoms with Gasteiger partial charge in [0, 0.05) is 6.07 Å². The van der Waals surface area contributed by atoms with E-state index < -0.39 is 5.97 Å². The first-order chi connectivity index (χ1) is 12.9. The summed E-state index contributed by atoms with van der Waals surface area (Å²) in [6, 6.07) is 8.18. The van der Waals surface area contributed by atoms with E-state index in [2.05, 4.69) is 0 Å². The quantitative estimate of drug-likeness (QED) is 0.460. The third kappa shape index (κ3) is 3.26. The van der Waals surface area contributed by atoms with Gasteiger partial charge in [0.05, 0.1) is 19.8 Å². The van der Waals surface area contributed by atoms with E-state index in [-0.39, 0.29) is 17.1 Å². The normalized spacial score (nSPS) is 12.3. The number of hydrogen-bond donors (Lipinski definition) is 0. The number of Topliss-reactive ketones (excluding diaryl/α,β-unsaturated/α-hetero) is 1. The first-order valence-electron chi connectivity index (χ1n) is 8.35. The van der Waals surface area contributed by atoms with E-state index in [9.17, 15) is 9.59 Å². The van der Waals surface area contributed by atoms with Crippen LogP contribution in [0.4, 0.5) is 0 Å². The molecule has 0 fully saturated rings. The number of carbonyl (C=O) groups is 2. The Morgan fingerprint density at radius 2 is 1.67 bits per heavy atom. The molecule has 1 aliphatic heterocycles. The summed E-state index contributed by atoms with van der Waals surface area (Å²) >= 11 is 0. The molecule has 2 aromatic carbocycles. The summed E-state index contributed by atoms with van der Waals surface area (Å²) in [5.74, 6) is 0.856. The summed E-state index contributed by atoms with van der Waals surface area (Å²) in [6.07, 6.45) is 0. The number of hydrogen-bond acceptors (Lipinski definition) is 6. The molecule has 0 radical (unpaired) electrons. The number of allylic oxidation sites excluding steroid dienone is 2. The molecular weight excluding hydrogens is 348 g/mol. The van der Waals surface area contributed by atoms with E-state index in [1.165, 1.54) is 20.3 Å². The van der Waals surface area contributed by atoms with Gasteiger partial charge in [0.15, 0.2) is 5.76 Å². The van der Waals surface area contributed by atoms with E-state index in [1.54, 1.807) is 31.2 Å². The Bertz CT molecular complexity index is 945. The Kier molecular flexibility index (Phi) is 4.90. The van der Waals surface area contributed by atoms with Gasteiger partial charge in [-0.25, -0.2) is 4.79 Å². The predicted molar refractivity (Wildman–Crippen MR) is 99.0 cm³/mol. The van der Waals surface area contributed by atoms with E-state index in [4.69, 9.17) is 18.9 Å². The highest BCUT2D eigenvalue weighted by molar-refractivity contribution is 6.13. The van der Waals surface area contributed by atoms with E-state index in [0.29, 0.717) is 34.1 Å². The average Bonchev–Trinajstić information content (AvgIpc) is 2.98. The van der Waals surface area contributed by atoms with Crippen molar-refractivity contribution in [3.05, 3.63) is 58.4 Å². The van der Waals surface area contributed by atoms with E-state index >= 15 is 0 Å². The number of methoxy groups -OCH3 is 2. The molecule has 6 nitrogen and oxygen atoms in total. The second-order valence-electron chi connectivity index (χ2n) is 6.30. The molecule has 0 atom stereocenters. The first-order valence-corrected chi connectivity index (χ1v) is 8.35.